The number of anilines is 6. The first-order valence-electron chi connectivity index (χ1n) is 36.7. The summed E-state index contributed by atoms with van der Waals surface area (Å²) in [6.07, 6.45) is 12.7. The average molecular weight is 1260 g/mol. The van der Waals surface area contributed by atoms with Gasteiger partial charge in [-0.15, -0.1) is 0 Å². The normalized spacial score (nSPS) is 16.3. The number of fused-ring (bicyclic) bond motifs is 4. The van der Waals surface area contributed by atoms with Gasteiger partial charge < -0.3 is 9.80 Å². The second-order valence-electron chi connectivity index (χ2n) is 37.9. The number of hydrogen-bond donors (Lipinski definition) is 0. The Morgan fingerprint density at radius 1 is 0.295 bits per heavy atom. The summed E-state index contributed by atoms with van der Waals surface area (Å²) in [4.78, 5) is 17.5. The molecule has 7 aromatic carbocycles. The summed E-state index contributed by atoms with van der Waals surface area (Å²) in [6, 6.07) is 52.7. The molecule has 0 spiro atoms. The van der Waals surface area contributed by atoms with Crippen LogP contribution in [0.5, 0.6) is 0 Å². The summed E-state index contributed by atoms with van der Waals surface area (Å²) in [5, 5.41) is 0. The highest BCUT2D eigenvalue weighted by atomic mass is 15.2. The Hall–Kier alpha value is -6.72. The maximum atomic E-state index is 6.02. The Labute approximate surface area is 576 Å². The molecule has 0 saturated heterocycles. The third kappa shape index (κ3) is 13.7. The van der Waals surface area contributed by atoms with Gasteiger partial charge in [0.25, 0.3) is 6.71 Å². The van der Waals surface area contributed by atoms with Gasteiger partial charge in [-0.3, -0.25) is 0 Å². The lowest BCUT2D eigenvalue weighted by atomic mass is 9.33. The summed E-state index contributed by atoms with van der Waals surface area (Å²) in [7, 11) is 0. The van der Waals surface area contributed by atoms with E-state index in [0.717, 1.165) is 33.9 Å². The van der Waals surface area contributed by atoms with Gasteiger partial charge in [0.15, 0.2) is 5.82 Å². The zero-order chi connectivity index (χ0) is 68.7. The summed E-state index contributed by atoms with van der Waals surface area (Å²) < 4.78 is 0. The molecular weight excluding hydrogens is 1150 g/mol. The van der Waals surface area contributed by atoms with Gasteiger partial charge in [-0.25, -0.2) is 9.97 Å². The van der Waals surface area contributed by atoms with E-state index in [-0.39, 0.29) is 50.0 Å². The quantitative estimate of drug-likeness (QED) is 0.149. The largest absolute Gasteiger partial charge is 0.311 e. The Morgan fingerprint density at radius 3 is 0.863 bits per heavy atom. The van der Waals surface area contributed by atoms with Crippen LogP contribution in [0.1, 0.15) is 298 Å². The SMILES string of the molecule is CC(C)(C)c1cc(-c2cc(-c3cc(C(C)(C)C)cc(C(C)(C)C)c3)nc(-c3cc4c5c(c3)N(c3cc(C(C)(C)C)cc(C(C)(C)C)c3)c3cc(C6CCCCC6)ccc3B5c3ccc(C5CCCCC5)cc3N4c3cc(C(C)(C)C)cc(C(C)(C)C)c3)n2)cc(C(C)(C)C)c1. The smallest absolute Gasteiger partial charge is 0.252 e. The number of rotatable bonds is 7. The Bertz CT molecular complexity index is 3840. The molecule has 2 aliphatic heterocycles. The zero-order valence-corrected chi connectivity index (χ0v) is 63.2. The number of hydrogen-bond acceptors (Lipinski definition) is 4. The number of aromatic nitrogens is 2. The minimum Gasteiger partial charge on any atom is -0.311 e. The summed E-state index contributed by atoms with van der Waals surface area (Å²) in [5.74, 6) is 1.77. The summed E-state index contributed by atoms with van der Waals surface area (Å²) in [5.41, 5.74) is 29.2. The molecule has 12 rings (SSSR count). The lowest BCUT2D eigenvalue weighted by molar-refractivity contribution is 0.444. The van der Waals surface area contributed by atoms with Crippen molar-refractivity contribution in [1.82, 2.24) is 9.97 Å². The maximum absolute atomic E-state index is 6.02. The molecule has 0 atom stereocenters. The second kappa shape index (κ2) is 24.1. The van der Waals surface area contributed by atoms with Gasteiger partial charge >= 0.3 is 0 Å². The number of benzene rings is 7. The molecule has 498 valence electrons. The van der Waals surface area contributed by atoms with Crippen LogP contribution in [0.4, 0.5) is 34.1 Å². The summed E-state index contributed by atoms with van der Waals surface area (Å²) >= 11 is 0. The highest BCUT2D eigenvalue weighted by Crippen LogP contribution is 2.51. The van der Waals surface area contributed by atoms with Crippen LogP contribution < -0.4 is 26.2 Å². The standard InChI is InChI=1S/C90H115BN4/c1-83(2,3)63-39-60(40-64(47-63)84(4,5)6)75-55-76(61-41-65(85(7,8)9)48-66(42-61)86(10,11)12)93-82(92-75)62-45-79-81-80(46-62)95(72-53-69(89(19,20)21)50-70(54-72)90(22,23)24)78-44-59(57-33-29-26-30-34-57)36-38-74(78)91(81)73-37-35-58(56-31-27-25-28-32-56)43-77(73)94(79)71-51-67(87(13,14)15)49-68(52-71)88(16,17)18/h35-57H,25-34H2,1-24H3. The van der Waals surface area contributed by atoms with Gasteiger partial charge in [0.1, 0.15) is 0 Å². The van der Waals surface area contributed by atoms with Gasteiger partial charge in [-0.1, -0.05) is 253 Å². The molecule has 3 heterocycles. The Balaban J connectivity index is 1.27. The molecular formula is C90H115BN4. The van der Waals surface area contributed by atoms with Crippen molar-refractivity contribution in [3.8, 4) is 33.9 Å². The minimum absolute atomic E-state index is 0.0529. The molecule has 95 heavy (non-hydrogen) atoms. The van der Waals surface area contributed by atoms with Crippen LogP contribution in [-0.2, 0) is 43.3 Å². The van der Waals surface area contributed by atoms with Crippen LogP contribution in [-0.4, -0.2) is 16.7 Å². The average Bonchev–Trinajstić information content (AvgIpc) is 0.696. The van der Waals surface area contributed by atoms with Crippen LogP contribution in [0.2, 0.25) is 0 Å². The van der Waals surface area contributed by atoms with E-state index < -0.39 is 0 Å². The van der Waals surface area contributed by atoms with Crippen molar-refractivity contribution in [2.24, 2.45) is 0 Å². The van der Waals surface area contributed by atoms with Crippen molar-refractivity contribution in [3.63, 3.8) is 0 Å². The van der Waals surface area contributed by atoms with Crippen LogP contribution >= 0.6 is 0 Å². The first-order valence-corrected chi connectivity index (χ1v) is 36.7. The van der Waals surface area contributed by atoms with Crippen molar-refractivity contribution < 1.29 is 0 Å². The van der Waals surface area contributed by atoms with Crippen LogP contribution in [0.3, 0.4) is 0 Å². The van der Waals surface area contributed by atoms with Crippen LogP contribution in [0.25, 0.3) is 33.9 Å². The fraction of sp³-hybridized carbons (Fsp3) is 0.489. The zero-order valence-electron chi connectivity index (χ0n) is 63.2. The molecule has 1 aromatic heterocycles. The predicted molar refractivity (Wildman–Crippen MR) is 414 cm³/mol. The van der Waals surface area contributed by atoms with Crippen molar-refractivity contribution in [2.45, 2.75) is 286 Å². The molecule has 4 aliphatic rings. The fourth-order valence-electron chi connectivity index (χ4n) is 15.5. The molecule has 0 amide bonds. The Morgan fingerprint density at radius 2 is 0.579 bits per heavy atom. The lowest BCUT2D eigenvalue weighted by Gasteiger charge is -2.45. The van der Waals surface area contributed by atoms with Crippen LogP contribution in [0.15, 0.2) is 127 Å². The van der Waals surface area contributed by atoms with Gasteiger partial charge in [0, 0.05) is 50.8 Å². The molecule has 4 nitrogen and oxygen atoms in total. The third-order valence-electron chi connectivity index (χ3n) is 22.0. The Kier molecular flexibility index (Phi) is 17.3. The van der Waals surface area contributed by atoms with Crippen molar-refractivity contribution in [1.29, 1.82) is 0 Å². The molecule has 8 aromatic rings. The topological polar surface area (TPSA) is 32.3 Å². The van der Waals surface area contributed by atoms with E-state index in [9.17, 15) is 0 Å². The first kappa shape index (κ1) is 68.2. The molecule has 0 N–H and O–H groups in total. The van der Waals surface area contributed by atoms with E-state index in [4.69, 9.17) is 9.97 Å². The van der Waals surface area contributed by atoms with E-state index in [1.54, 1.807) is 0 Å². The molecule has 0 unspecified atom stereocenters. The molecule has 2 saturated carbocycles. The van der Waals surface area contributed by atoms with Gasteiger partial charge in [0.2, 0.25) is 0 Å². The first-order chi connectivity index (χ1) is 44.1. The second-order valence-corrected chi connectivity index (χ2v) is 37.9. The fourth-order valence-corrected chi connectivity index (χ4v) is 15.5. The van der Waals surface area contributed by atoms with Gasteiger partial charge in [0.05, 0.1) is 11.4 Å². The highest BCUT2D eigenvalue weighted by Gasteiger charge is 2.45. The van der Waals surface area contributed by atoms with E-state index in [2.05, 4.69) is 303 Å². The lowest BCUT2D eigenvalue weighted by Crippen LogP contribution is -2.61. The van der Waals surface area contributed by atoms with E-state index >= 15 is 0 Å². The van der Waals surface area contributed by atoms with E-state index in [1.165, 1.54) is 170 Å². The van der Waals surface area contributed by atoms with Crippen molar-refractivity contribution >= 4 is 57.2 Å². The van der Waals surface area contributed by atoms with Gasteiger partial charge in [-0.05, 0) is 232 Å². The molecule has 2 aliphatic carbocycles. The summed E-state index contributed by atoms with van der Waals surface area (Å²) in [6.45, 7) is 56.8. The van der Waals surface area contributed by atoms with Crippen molar-refractivity contribution in [3.05, 3.63) is 183 Å². The van der Waals surface area contributed by atoms with E-state index in [0.29, 0.717) is 11.8 Å². The monoisotopic (exact) mass is 1260 g/mol. The predicted octanol–water partition coefficient (Wildman–Crippen LogP) is 24.0. The maximum Gasteiger partial charge on any atom is 0.252 e. The molecule has 0 bridgehead atoms. The third-order valence-corrected chi connectivity index (χ3v) is 22.0. The minimum atomic E-state index is -0.115. The highest BCUT2D eigenvalue weighted by molar-refractivity contribution is 7.00. The van der Waals surface area contributed by atoms with Crippen LogP contribution in [0, 0.1) is 0 Å². The molecule has 0 radical (unpaired) electrons. The molecule has 2 fully saturated rings. The number of nitrogens with zero attached hydrogens (tertiary/aromatic N) is 4. The molecule has 5 heteroatoms. The van der Waals surface area contributed by atoms with Crippen molar-refractivity contribution in [2.75, 3.05) is 9.80 Å². The van der Waals surface area contributed by atoms with E-state index in [1.807, 2.05) is 0 Å². The van der Waals surface area contributed by atoms with Gasteiger partial charge in [-0.2, -0.15) is 0 Å².